The smallest absolute Gasteiger partial charge is 0.0472 e. The van der Waals surface area contributed by atoms with Gasteiger partial charge in [-0.15, -0.1) is 0 Å². The maximum atomic E-state index is 6.20. The Hall–Kier alpha value is 0.270. The maximum Gasteiger partial charge on any atom is 0.0472 e. The van der Waals surface area contributed by atoms with Crippen molar-refractivity contribution in [1.29, 1.82) is 0 Å². The highest BCUT2D eigenvalue weighted by Crippen LogP contribution is 2.46. The van der Waals surface area contributed by atoms with Crippen LogP contribution in [-0.2, 0) is 0 Å². The Morgan fingerprint density at radius 1 is 1.29 bits per heavy atom. The van der Waals surface area contributed by atoms with Crippen molar-refractivity contribution in [2.24, 2.45) is 17.1 Å². The Balaban J connectivity index is 3.01. The van der Waals surface area contributed by atoms with Crippen molar-refractivity contribution in [3.8, 4) is 0 Å². The van der Waals surface area contributed by atoms with Crippen LogP contribution in [0.2, 0.25) is 0 Å². The van der Waals surface area contributed by atoms with Crippen LogP contribution in [0.25, 0.3) is 0 Å². The highest BCUT2D eigenvalue weighted by Gasteiger charge is 2.50. The number of hydrogen-bond acceptors (Lipinski definition) is 3. The van der Waals surface area contributed by atoms with Gasteiger partial charge in [-0.1, -0.05) is 27.7 Å². The maximum absolute atomic E-state index is 6.20. The molecule has 2 N–H and O–H groups in total. The fraction of sp³-hybridized carbons (Fsp3) is 1.00. The molecule has 0 saturated carbocycles. The van der Waals surface area contributed by atoms with Gasteiger partial charge in [0.05, 0.1) is 0 Å². The van der Waals surface area contributed by atoms with E-state index in [9.17, 15) is 0 Å². The molecule has 0 radical (unpaired) electrons. The summed E-state index contributed by atoms with van der Waals surface area (Å²) in [5.74, 6) is 3.12. The van der Waals surface area contributed by atoms with Gasteiger partial charge in [0.1, 0.15) is 0 Å². The summed E-state index contributed by atoms with van der Waals surface area (Å²) < 4.78 is 0. The summed E-state index contributed by atoms with van der Waals surface area (Å²) in [6.07, 6.45) is 1.27. The number of likely N-dealkylation sites (N-methyl/N-ethyl adjacent to an activating group) is 1. The fourth-order valence-corrected chi connectivity index (χ4v) is 4.74. The van der Waals surface area contributed by atoms with Crippen LogP contribution >= 0.6 is 11.8 Å². The highest BCUT2D eigenvalue weighted by molar-refractivity contribution is 7.99. The number of nitrogens with zero attached hydrogens (tertiary/aromatic N) is 1. The lowest BCUT2D eigenvalue weighted by molar-refractivity contribution is -0.0157. The first-order valence-corrected chi connectivity index (χ1v) is 7.95. The standard InChI is InChI=1S/C14H30N2S/c1-11(2)12(3)16(6)14(9-15)10-17-8-7-13(14,4)5/h11-12H,7-10,15H2,1-6H3. The molecule has 0 aromatic heterocycles. The van der Waals surface area contributed by atoms with E-state index in [1.807, 2.05) is 0 Å². The number of hydrogen-bond donors (Lipinski definition) is 1. The lowest BCUT2D eigenvalue weighted by Crippen LogP contribution is -2.67. The Morgan fingerprint density at radius 3 is 2.29 bits per heavy atom. The van der Waals surface area contributed by atoms with Gasteiger partial charge in [-0.05, 0) is 37.5 Å². The summed E-state index contributed by atoms with van der Waals surface area (Å²) >= 11 is 2.06. The first-order chi connectivity index (χ1) is 7.78. The van der Waals surface area contributed by atoms with Crippen molar-refractivity contribution in [3.05, 3.63) is 0 Å². The Labute approximate surface area is 112 Å². The first-order valence-electron chi connectivity index (χ1n) is 6.79. The molecule has 0 aliphatic carbocycles. The normalized spacial score (nSPS) is 30.9. The molecule has 1 aliphatic rings. The van der Waals surface area contributed by atoms with Crippen LogP contribution in [0, 0.1) is 11.3 Å². The van der Waals surface area contributed by atoms with E-state index in [0.29, 0.717) is 17.4 Å². The van der Waals surface area contributed by atoms with Gasteiger partial charge >= 0.3 is 0 Å². The van der Waals surface area contributed by atoms with Gasteiger partial charge in [0.2, 0.25) is 0 Å². The predicted molar refractivity (Wildman–Crippen MR) is 79.6 cm³/mol. The van der Waals surface area contributed by atoms with E-state index in [2.05, 4.69) is 58.3 Å². The lowest BCUT2D eigenvalue weighted by Gasteiger charge is -2.56. The third-order valence-electron chi connectivity index (χ3n) is 5.06. The third-order valence-corrected chi connectivity index (χ3v) is 6.24. The van der Waals surface area contributed by atoms with E-state index in [1.54, 1.807) is 0 Å². The van der Waals surface area contributed by atoms with Crippen LogP contribution in [0.5, 0.6) is 0 Å². The van der Waals surface area contributed by atoms with E-state index in [4.69, 9.17) is 5.73 Å². The highest BCUT2D eigenvalue weighted by atomic mass is 32.2. The topological polar surface area (TPSA) is 29.3 Å². The van der Waals surface area contributed by atoms with Gasteiger partial charge in [-0.25, -0.2) is 0 Å². The molecule has 1 aliphatic heterocycles. The molecule has 0 aromatic carbocycles. The summed E-state index contributed by atoms with van der Waals surface area (Å²) in [5.41, 5.74) is 6.66. The van der Waals surface area contributed by atoms with E-state index in [-0.39, 0.29) is 5.54 Å². The average molecular weight is 258 g/mol. The molecule has 1 saturated heterocycles. The van der Waals surface area contributed by atoms with Crippen LogP contribution in [-0.4, -0.2) is 41.6 Å². The van der Waals surface area contributed by atoms with E-state index in [0.717, 1.165) is 6.54 Å². The molecule has 0 aromatic rings. The molecule has 1 rings (SSSR count). The summed E-state index contributed by atoms with van der Waals surface area (Å²) in [5, 5.41) is 0. The van der Waals surface area contributed by atoms with Crippen molar-refractivity contribution in [3.63, 3.8) is 0 Å². The molecule has 3 heteroatoms. The first kappa shape index (κ1) is 15.3. The quantitative estimate of drug-likeness (QED) is 0.841. The van der Waals surface area contributed by atoms with E-state index >= 15 is 0 Å². The Bertz CT molecular complexity index is 253. The van der Waals surface area contributed by atoms with Gasteiger partial charge in [0.15, 0.2) is 0 Å². The van der Waals surface area contributed by atoms with Crippen molar-refractivity contribution < 1.29 is 0 Å². The van der Waals surface area contributed by atoms with E-state index < -0.39 is 0 Å². The van der Waals surface area contributed by atoms with Crippen molar-refractivity contribution in [2.75, 3.05) is 25.1 Å². The molecule has 1 fully saturated rings. The number of nitrogens with two attached hydrogens (primary N) is 1. The average Bonchev–Trinajstić information content (AvgIpc) is 2.27. The summed E-state index contributed by atoms with van der Waals surface area (Å²) in [6, 6.07) is 0.580. The largest absolute Gasteiger partial charge is 0.329 e. The summed E-state index contributed by atoms with van der Waals surface area (Å²) in [7, 11) is 2.27. The van der Waals surface area contributed by atoms with Crippen LogP contribution < -0.4 is 5.73 Å². The summed E-state index contributed by atoms with van der Waals surface area (Å²) in [6.45, 7) is 12.5. The zero-order valence-electron chi connectivity index (χ0n) is 12.4. The van der Waals surface area contributed by atoms with E-state index in [1.165, 1.54) is 17.9 Å². The molecule has 17 heavy (non-hydrogen) atoms. The van der Waals surface area contributed by atoms with Crippen LogP contribution in [0.1, 0.15) is 41.0 Å². The third kappa shape index (κ3) is 2.66. The zero-order chi connectivity index (χ0) is 13.3. The number of rotatable bonds is 4. The molecular formula is C14H30N2S. The van der Waals surface area contributed by atoms with Crippen molar-refractivity contribution >= 4 is 11.8 Å². The Kier molecular flexibility index (Phi) is 4.96. The molecule has 102 valence electrons. The minimum atomic E-state index is 0.152. The monoisotopic (exact) mass is 258 g/mol. The molecule has 2 nitrogen and oxygen atoms in total. The van der Waals surface area contributed by atoms with Crippen molar-refractivity contribution in [2.45, 2.75) is 52.6 Å². The second-order valence-electron chi connectivity index (χ2n) is 6.52. The van der Waals surface area contributed by atoms with Crippen LogP contribution in [0.4, 0.5) is 0 Å². The molecule has 2 atom stereocenters. The second kappa shape index (κ2) is 5.50. The van der Waals surface area contributed by atoms with Crippen LogP contribution in [0.3, 0.4) is 0 Å². The van der Waals surface area contributed by atoms with Gasteiger partial charge in [-0.2, -0.15) is 11.8 Å². The lowest BCUT2D eigenvalue weighted by atomic mass is 9.69. The van der Waals surface area contributed by atoms with Crippen molar-refractivity contribution in [1.82, 2.24) is 4.90 Å². The zero-order valence-corrected chi connectivity index (χ0v) is 13.2. The molecule has 0 spiro atoms. The minimum absolute atomic E-state index is 0.152. The second-order valence-corrected chi connectivity index (χ2v) is 7.62. The Morgan fingerprint density at radius 2 is 1.88 bits per heavy atom. The minimum Gasteiger partial charge on any atom is -0.329 e. The van der Waals surface area contributed by atoms with Crippen LogP contribution in [0.15, 0.2) is 0 Å². The molecule has 0 bridgehead atoms. The van der Waals surface area contributed by atoms with Gasteiger partial charge in [0.25, 0.3) is 0 Å². The van der Waals surface area contributed by atoms with Gasteiger partial charge in [0, 0.05) is 23.9 Å². The van der Waals surface area contributed by atoms with Gasteiger partial charge < -0.3 is 5.73 Å². The molecule has 1 heterocycles. The number of thioether (sulfide) groups is 1. The molecule has 0 amide bonds. The fourth-order valence-electron chi connectivity index (χ4n) is 2.89. The summed E-state index contributed by atoms with van der Waals surface area (Å²) in [4.78, 5) is 2.56. The molecular weight excluding hydrogens is 228 g/mol. The molecule has 2 unspecified atom stereocenters. The predicted octanol–water partition coefficient (Wildman–Crippen LogP) is 2.82. The SMILES string of the molecule is CC(C)C(C)N(C)C1(CN)CSCCC1(C)C. The van der Waals surface area contributed by atoms with Gasteiger partial charge in [-0.3, -0.25) is 4.90 Å².